The van der Waals surface area contributed by atoms with Crippen LogP contribution in [0.15, 0.2) is 46.9 Å². The fraction of sp³-hybridized carbons (Fsp3) is 0.0714. The first kappa shape index (κ1) is 15.4. The number of nitrogens with two attached hydrogens (primary N) is 1. The van der Waals surface area contributed by atoms with Gasteiger partial charge < -0.3 is 5.73 Å². The first-order valence-corrected chi connectivity index (χ1v) is 8.39. The lowest BCUT2D eigenvalue weighted by Crippen LogP contribution is -2.16. The molecule has 3 N–H and O–H groups in total. The fourth-order valence-electron chi connectivity index (χ4n) is 1.80. The van der Waals surface area contributed by atoms with E-state index >= 15 is 0 Å². The number of anilines is 2. The van der Waals surface area contributed by atoms with Crippen LogP contribution >= 0.6 is 15.9 Å². The van der Waals surface area contributed by atoms with Crippen LogP contribution in [0.4, 0.5) is 11.4 Å². The quantitative estimate of drug-likeness (QED) is 0.814. The summed E-state index contributed by atoms with van der Waals surface area (Å²) in [5, 5.41) is 9.02. The van der Waals surface area contributed by atoms with Gasteiger partial charge in [0.25, 0.3) is 0 Å². The molecule has 0 aromatic heterocycles. The average molecular weight is 366 g/mol. The zero-order valence-electron chi connectivity index (χ0n) is 10.9. The van der Waals surface area contributed by atoms with Gasteiger partial charge in [0.2, 0.25) is 10.0 Å². The maximum absolute atomic E-state index is 12.2. The molecule has 0 radical (unpaired) electrons. The fourth-order valence-corrected chi connectivity index (χ4v) is 3.36. The van der Waals surface area contributed by atoms with E-state index in [1.54, 1.807) is 42.5 Å². The van der Waals surface area contributed by atoms with Crippen molar-refractivity contribution in [2.45, 2.75) is 5.75 Å². The molecule has 0 bridgehead atoms. The number of nitrogen functional groups attached to an aromatic ring is 1. The standard InChI is InChI=1S/C14H12BrN3O2S/c15-12-5-4-11(8-16)14(7-12)18-21(19,20)9-10-2-1-3-13(17)6-10/h1-7,18H,9,17H2. The smallest absolute Gasteiger partial charge is 0.236 e. The number of halogens is 1. The van der Waals surface area contributed by atoms with Gasteiger partial charge in [-0.1, -0.05) is 28.1 Å². The Hall–Kier alpha value is -2.04. The molecule has 0 saturated carbocycles. The predicted molar refractivity (Wildman–Crippen MR) is 86.0 cm³/mol. The van der Waals surface area contributed by atoms with Crippen molar-refractivity contribution in [1.29, 1.82) is 5.26 Å². The Labute approximate surface area is 131 Å². The first-order valence-electron chi connectivity index (χ1n) is 5.94. The molecule has 0 aliphatic carbocycles. The van der Waals surface area contributed by atoms with Gasteiger partial charge in [-0.3, -0.25) is 4.72 Å². The van der Waals surface area contributed by atoms with E-state index in [1.165, 1.54) is 0 Å². The summed E-state index contributed by atoms with van der Waals surface area (Å²) in [6, 6.07) is 13.4. The summed E-state index contributed by atoms with van der Waals surface area (Å²) in [6.07, 6.45) is 0. The molecular formula is C14H12BrN3O2S. The Morgan fingerprint density at radius 3 is 2.67 bits per heavy atom. The second-order valence-electron chi connectivity index (χ2n) is 4.41. The molecule has 0 aliphatic rings. The summed E-state index contributed by atoms with van der Waals surface area (Å²) in [5.74, 6) is -0.213. The molecule has 5 nitrogen and oxygen atoms in total. The van der Waals surface area contributed by atoms with Crippen molar-refractivity contribution in [3.8, 4) is 6.07 Å². The molecule has 0 fully saturated rings. The number of nitriles is 1. The topological polar surface area (TPSA) is 96.0 Å². The normalized spacial score (nSPS) is 10.9. The highest BCUT2D eigenvalue weighted by atomic mass is 79.9. The molecule has 0 aliphatic heterocycles. The second kappa shape index (κ2) is 6.16. The van der Waals surface area contributed by atoms with Crippen molar-refractivity contribution >= 4 is 37.3 Å². The van der Waals surface area contributed by atoms with Crippen molar-refractivity contribution in [3.63, 3.8) is 0 Å². The maximum atomic E-state index is 12.2. The van der Waals surface area contributed by atoms with E-state index in [0.717, 1.165) is 0 Å². The zero-order valence-corrected chi connectivity index (χ0v) is 13.3. The summed E-state index contributed by atoms with van der Waals surface area (Å²) in [7, 11) is -3.63. The monoisotopic (exact) mass is 365 g/mol. The van der Waals surface area contributed by atoms with E-state index in [9.17, 15) is 8.42 Å². The summed E-state index contributed by atoms with van der Waals surface area (Å²) in [5.41, 5.74) is 7.22. The molecule has 0 unspecified atom stereocenters. The van der Waals surface area contributed by atoms with Crippen molar-refractivity contribution in [3.05, 3.63) is 58.1 Å². The number of sulfonamides is 1. The lowest BCUT2D eigenvalue weighted by molar-refractivity contribution is 0.600. The Balaban J connectivity index is 2.26. The van der Waals surface area contributed by atoms with E-state index < -0.39 is 10.0 Å². The van der Waals surface area contributed by atoms with Crippen LogP contribution in [0.2, 0.25) is 0 Å². The third-order valence-electron chi connectivity index (χ3n) is 2.68. The van der Waals surface area contributed by atoms with Crippen LogP contribution in [0.5, 0.6) is 0 Å². The van der Waals surface area contributed by atoms with Crippen LogP contribution in [0, 0.1) is 11.3 Å². The highest BCUT2D eigenvalue weighted by molar-refractivity contribution is 9.10. The summed E-state index contributed by atoms with van der Waals surface area (Å²) in [4.78, 5) is 0. The molecule has 21 heavy (non-hydrogen) atoms. The van der Waals surface area contributed by atoms with E-state index in [2.05, 4.69) is 20.7 Å². The zero-order chi connectivity index (χ0) is 15.5. The van der Waals surface area contributed by atoms with Gasteiger partial charge in [0, 0.05) is 10.2 Å². The molecule has 7 heteroatoms. The lowest BCUT2D eigenvalue weighted by atomic mass is 10.2. The molecule has 108 valence electrons. The highest BCUT2D eigenvalue weighted by Crippen LogP contribution is 2.23. The minimum Gasteiger partial charge on any atom is -0.399 e. The average Bonchev–Trinajstić information content (AvgIpc) is 2.37. The Kier molecular flexibility index (Phi) is 4.50. The highest BCUT2D eigenvalue weighted by Gasteiger charge is 2.14. The van der Waals surface area contributed by atoms with Crippen LogP contribution in [0.1, 0.15) is 11.1 Å². The Bertz CT molecular complexity index is 813. The van der Waals surface area contributed by atoms with Crippen molar-refractivity contribution < 1.29 is 8.42 Å². The van der Waals surface area contributed by atoms with Gasteiger partial charge in [-0.15, -0.1) is 0 Å². The minimum absolute atomic E-state index is 0.213. The molecule has 0 saturated heterocycles. The molecular weight excluding hydrogens is 354 g/mol. The molecule has 2 aromatic rings. The third-order valence-corrected chi connectivity index (χ3v) is 4.41. The van der Waals surface area contributed by atoms with Crippen LogP contribution in [-0.2, 0) is 15.8 Å². The van der Waals surface area contributed by atoms with Crippen molar-refractivity contribution in [2.24, 2.45) is 0 Å². The number of benzene rings is 2. The van der Waals surface area contributed by atoms with Crippen LogP contribution in [0.3, 0.4) is 0 Å². The number of nitrogens with one attached hydrogen (secondary N) is 1. The van der Waals surface area contributed by atoms with Gasteiger partial charge >= 0.3 is 0 Å². The number of nitrogens with zero attached hydrogens (tertiary/aromatic N) is 1. The summed E-state index contributed by atoms with van der Waals surface area (Å²) < 4.78 is 27.5. The summed E-state index contributed by atoms with van der Waals surface area (Å²) >= 11 is 3.25. The van der Waals surface area contributed by atoms with Gasteiger partial charge in [-0.05, 0) is 35.9 Å². The van der Waals surface area contributed by atoms with Crippen LogP contribution in [0.25, 0.3) is 0 Å². The van der Waals surface area contributed by atoms with Gasteiger partial charge in [0.1, 0.15) is 6.07 Å². The number of hydrogen-bond acceptors (Lipinski definition) is 4. The van der Waals surface area contributed by atoms with Crippen LogP contribution in [-0.4, -0.2) is 8.42 Å². The van der Waals surface area contributed by atoms with Gasteiger partial charge in [-0.25, -0.2) is 8.42 Å². The third kappa shape index (κ3) is 4.21. The van der Waals surface area contributed by atoms with E-state index in [-0.39, 0.29) is 17.0 Å². The molecule has 0 amide bonds. The van der Waals surface area contributed by atoms with E-state index in [0.29, 0.717) is 15.7 Å². The second-order valence-corrected chi connectivity index (χ2v) is 7.05. The lowest BCUT2D eigenvalue weighted by Gasteiger charge is -2.10. The van der Waals surface area contributed by atoms with Crippen LogP contribution < -0.4 is 10.5 Å². The SMILES string of the molecule is N#Cc1ccc(Br)cc1NS(=O)(=O)Cc1cccc(N)c1. The Morgan fingerprint density at radius 1 is 1.24 bits per heavy atom. The largest absolute Gasteiger partial charge is 0.399 e. The molecule has 0 heterocycles. The molecule has 0 spiro atoms. The first-order chi connectivity index (χ1) is 9.89. The molecule has 2 rings (SSSR count). The molecule has 0 atom stereocenters. The van der Waals surface area contributed by atoms with Gasteiger partial charge in [0.15, 0.2) is 0 Å². The van der Waals surface area contributed by atoms with E-state index in [4.69, 9.17) is 11.0 Å². The van der Waals surface area contributed by atoms with Crippen molar-refractivity contribution in [2.75, 3.05) is 10.5 Å². The van der Waals surface area contributed by atoms with E-state index in [1.807, 2.05) is 6.07 Å². The van der Waals surface area contributed by atoms with Crippen molar-refractivity contribution in [1.82, 2.24) is 0 Å². The van der Waals surface area contributed by atoms with Gasteiger partial charge in [-0.2, -0.15) is 5.26 Å². The number of rotatable bonds is 4. The minimum atomic E-state index is -3.63. The Morgan fingerprint density at radius 2 is 2.00 bits per heavy atom. The number of hydrogen-bond donors (Lipinski definition) is 2. The predicted octanol–water partition coefficient (Wildman–Crippen LogP) is 2.84. The molecule has 2 aromatic carbocycles. The maximum Gasteiger partial charge on any atom is 0.236 e. The van der Waals surface area contributed by atoms with Gasteiger partial charge in [0.05, 0.1) is 17.0 Å². The summed E-state index contributed by atoms with van der Waals surface area (Å²) in [6.45, 7) is 0.